The summed E-state index contributed by atoms with van der Waals surface area (Å²) >= 11 is 0. The standard InChI is InChI=1S/C13H14N2O2/c16-12-4-2-1-3-10(12)13-15-11(8-17-13)9-5-6-14-7-9/h1-4,8-9,14,16H,5-7H2. The molecule has 1 fully saturated rings. The van der Waals surface area contributed by atoms with Gasteiger partial charge in [0.2, 0.25) is 5.89 Å². The van der Waals surface area contributed by atoms with E-state index in [0.717, 1.165) is 25.2 Å². The van der Waals surface area contributed by atoms with Gasteiger partial charge in [-0.05, 0) is 25.1 Å². The number of para-hydroxylation sites is 1. The first-order valence-corrected chi connectivity index (χ1v) is 5.79. The number of hydrogen-bond donors (Lipinski definition) is 2. The molecule has 0 bridgehead atoms. The molecule has 1 aliphatic rings. The van der Waals surface area contributed by atoms with Crippen LogP contribution in [0.5, 0.6) is 5.75 Å². The largest absolute Gasteiger partial charge is 0.507 e. The molecule has 1 aliphatic heterocycles. The summed E-state index contributed by atoms with van der Waals surface area (Å²) in [5.74, 6) is 1.12. The summed E-state index contributed by atoms with van der Waals surface area (Å²) in [5, 5.41) is 13.0. The summed E-state index contributed by atoms with van der Waals surface area (Å²) in [5.41, 5.74) is 1.61. The van der Waals surface area contributed by atoms with Gasteiger partial charge in [0, 0.05) is 12.5 Å². The van der Waals surface area contributed by atoms with Gasteiger partial charge in [-0.25, -0.2) is 4.98 Å². The highest BCUT2D eigenvalue weighted by Crippen LogP contribution is 2.30. The van der Waals surface area contributed by atoms with Gasteiger partial charge in [0.05, 0.1) is 11.3 Å². The quantitative estimate of drug-likeness (QED) is 0.829. The van der Waals surface area contributed by atoms with Gasteiger partial charge in [-0.2, -0.15) is 0 Å². The number of hydrogen-bond acceptors (Lipinski definition) is 4. The van der Waals surface area contributed by atoms with E-state index in [1.54, 1.807) is 24.5 Å². The van der Waals surface area contributed by atoms with Crippen molar-refractivity contribution >= 4 is 0 Å². The van der Waals surface area contributed by atoms with Crippen molar-refractivity contribution in [1.29, 1.82) is 0 Å². The van der Waals surface area contributed by atoms with E-state index in [1.165, 1.54) is 0 Å². The minimum atomic E-state index is 0.199. The molecule has 2 aromatic rings. The zero-order chi connectivity index (χ0) is 11.7. The molecule has 2 N–H and O–H groups in total. The first kappa shape index (κ1) is 10.4. The van der Waals surface area contributed by atoms with Crippen LogP contribution < -0.4 is 5.32 Å². The number of aromatic nitrogens is 1. The molecule has 1 unspecified atom stereocenters. The number of benzene rings is 1. The van der Waals surface area contributed by atoms with E-state index in [2.05, 4.69) is 10.3 Å². The molecule has 0 amide bonds. The first-order valence-electron chi connectivity index (χ1n) is 5.79. The Balaban J connectivity index is 1.92. The highest BCUT2D eigenvalue weighted by Gasteiger charge is 2.21. The summed E-state index contributed by atoms with van der Waals surface area (Å²) < 4.78 is 5.45. The predicted octanol–water partition coefficient (Wildman–Crippen LogP) is 2.12. The van der Waals surface area contributed by atoms with Gasteiger partial charge in [0.15, 0.2) is 0 Å². The predicted molar refractivity (Wildman–Crippen MR) is 63.8 cm³/mol. The molecule has 3 rings (SSSR count). The van der Waals surface area contributed by atoms with Crippen molar-refractivity contribution in [2.45, 2.75) is 12.3 Å². The smallest absolute Gasteiger partial charge is 0.229 e. The molecular formula is C13H14N2O2. The topological polar surface area (TPSA) is 58.3 Å². The second kappa shape index (κ2) is 4.22. The molecule has 0 spiro atoms. The Morgan fingerprint density at radius 2 is 2.24 bits per heavy atom. The van der Waals surface area contributed by atoms with Gasteiger partial charge >= 0.3 is 0 Å². The van der Waals surface area contributed by atoms with Gasteiger partial charge < -0.3 is 14.8 Å². The van der Waals surface area contributed by atoms with E-state index in [4.69, 9.17) is 4.42 Å². The van der Waals surface area contributed by atoms with E-state index < -0.39 is 0 Å². The maximum Gasteiger partial charge on any atom is 0.229 e. The average molecular weight is 230 g/mol. The van der Waals surface area contributed by atoms with Gasteiger partial charge in [0.1, 0.15) is 12.0 Å². The molecule has 17 heavy (non-hydrogen) atoms. The Labute approximate surface area is 99.3 Å². The average Bonchev–Trinajstić information content (AvgIpc) is 3.00. The summed E-state index contributed by atoms with van der Waals surface area (Å²) in [6, 6.07) is 7.08. The monoisotopic (exact) mass is 230 g/mol. The lowest BCUT2D eigenvalue weighted by atomic mass is 10.1. The van der Waals surface area contributed by atoms with Gasteiger partial charge in [-0.1, -0.05) is 12.1 Å². The Hall–Kier alpha value is -1.81. The van der Waals surface area contributed by atoms with E-state index in [0.29, 0.717) is 17.4 Å². The minimum Gasteiger partial charge on any atom is -0.507 e. The van der Waals surface area contributed by atoms with Crippen LogP contribution in [0.3, 0.4) is 0 Å². The van der Waals surface area contributed by atoms with Crippen molar-refractivity contribution in [1.82, 2.24) is 10.3 Å². The van der Waals surface area contributed by atoms with Crippen molar-refractivity contribution < 1.29 is 9.52 Å². The van der Waals surface area contributed by atoms with Crippen molar-refractivity contribution in [3.05, 3.63) is 36.2 Å². The number of phenolic OH excluding ortho intramolecular Hbond substituents is 1. The number of oxazole rings is 1. The van der Waals surface area contributed by atoms with E-state index >= 15 is 0 Å². The summed E-state index contributed by atoms with van der Waals surface area (Å²) in [7, 11) is 0. The Bertz CT molecular complexity index is 516. The molecule has 4 nitrogen and oxygen atoms in total. The molecule has 0 radical (unpaired) electrons. The molecule has 1 saturated heterocycles. The maximum absolute atomic E-state index is 9.73. The SMILES string of the molecule is Oc1ccccc1-c1nc(C2CCNC2)co1. The third kappa shape index (κ3) is 1.91. The molecule has 0 aliphatic carbocycles. The highest BCUT2D eigenvalue weighted by atomic mass is 16.3. The van der Waals surface area contributed by atoms with Crippen LogP contribution in [-0.2, 0) is 0 Å². The maximum atomic E-state index is 9.73. The van der Waals surface area contributed by atoms with Crippen molar-refractivity contribution in [3.8, 4) is 17.2 Å². The second-order valence-electron chi connectivity index (χ2n) is 4.28. The molecule has 4 heteroatoms. The lowest BCUT2D eigenvalue weighted by Crippen LogP contribution is -2.08. The van der Waals surface area contributed by atoms with Gasteiger partial charge in [0.25, 0.3) is 0 Å². The third-order valence-corrected chi connectivity index (χ3v) is 3.13. The van der Waals surface area contributed by atoms with Crippen LogP contribution in [-0.4, -0.2) is 23.2 Å². The molecule has 1 aromatic carbocycles. The Kier molecular flexibility index (Phi) is 2.57. The van der Waals surface area contributed by atoms with Crippen LogP contribution >= 0.6 is 0 Å². The lowest BCUT2D eigenvalue weighted by Gasteiger charge is -2.01. The van der Waals surface area contributed by atoms with Crippen molar-refractivity contribution in [2.24, 2.45) is 0 Å². The Morgan fingerprint density at radius 1 is 1.35 bits per heavy atom. The highest BCUT2D eigenvalue weighted by molar-refractivity contribution is 5.62. The van der Waals surface area contributed by atoms with Gasteiger partial charge in [-0.15, -0.1) is 0 Å². The second-order valence-corrected chi connectivity index (χ2v) is 4.28. The van der Waals surface area contributed by atoms with Crippen LogP contribution in [0.2, 0.25) is 0 Å². The van der Waals surface area contributed by atoms with E-state index in [-0.39, 0.29) is 5.75 Å². The molecule has 88 valence electrons. The van der Waals surface area contributed by atoms with Gasteiger partial charge in [-0.3, -0.25) is 0 Å². The number of nitrogens with one attached hydrogen (secondary N) is 1. The number of rotatable bonds is 2. The summed E-state index contributed by atoms with van der Waals surface area (Å²) in [6.45, 7) is 1.98. The van der Waals surface area contributed by atoms with Crippen LogP contribution in [0, 0.1) is 0 Å². The van der Waals surface area contributed by atoms with E-state index in [9.17, 15) is 5.11 Å². The van der Waals surface area contributed by atoms with Crippen molar-refractivity contribution in [2.75, 3.05) is 13.1 Å². The molecule has 2 heterocycles. The Morgan fingerprint density at radius 3 is 3.00 bits per heavy atom. The normalized spacial score (nSPS) is 19.6. The third-order valence-electron chi connectivity index (χ3n) is 3.13. The first-order chi connectivity index (χ1) is 8.34. The minimum absolute atomic E-state index is 0.199. The molecular weight excluding hydrogens is 216 g/mol. The zero-order valence-electron chi connectivity index (χ0n) is 9.39. The van der Waals surface area contributed by atoms with Crippen LogP contribution in [0.4, 0.5) is 0 Å². The fourth-order valence-electron chi connectivity index (χ4n) is 2.16. The van der Waals surface area contributed by atoms with Crippen molar-refractivity contribution in [3.63, 3.8) is 0 Å². The zero-order valence-corrected chi connectivity index (χ0v) is 9.39. The number of nitrogens with zero attached hydrogens (tertiary/aromatic N) is 1. The van der Waals surface area contributed by atoms with Crippen LogP contribution in [0.15, 0.2) is 34.9 Å². The van der Waals surface area contributed by atoms with E-state index in [1.807, 2.05) is 6.07 Å². The molecule has 1 aromatic heterocycles. The van der Waals surface area contributed by atoms with Crippen LogP contribution in [0.25, 0.3) is 11.5 Å². The number of aromatic hydroxyl groups is 1. The fraction of sp³-hybridized carbons (Fsp3) is 0.308. The summed E-state index contributed by atoms with van der Waals surface area (Å²) in [6.07, 6.45) is 2.78. The summed E-state index contributed by atoms with van der Waals surface area (Å²) in [4.78, 5) is 4.46. The number of phenols is 1. The molecule has 0 saturated carbocycles. The fourth-order valence-corrected chi connectivity index (χ4v) is 2.16. The molecule has 1 atom stereocenters. The lowest BCUT2D eigenvalue weighted by molar-refractivity contribution is 0.473. The van der Waals surface area contributed by atoms with Crippen LogP contribution in [0.1, 0.15) is 18.0 Å².